The van der Waals surface area contributed by atoms with Crippen LogP contribution in [0, 0.1) is 5.92 Å². The number of unbranched alkanes of at least 4 members (excludes halogenated alkanes) is 14. The van der Waals surface area contributed by atoms with Crippen LogP contribution in [0.15, 0.2) is 0 Å². The average Bonchev–Trinajstić information content (AvgIpc) is 2.86. The van der Waals surface area contributed by atoms with Crippen molar-refractivity contribution in [3.63, 3.8) is 0 Å². The number of carbonyl (C=O) groups is 1. The summed E-state index contributed by atoms with van der Waals surface area (Å²) < 4.78 is 5.33. The minimum Gasteiger partial charge on any atom is -0.456 e. The first-order valence-electron chi connectivity index (χ1n) is 11.6. The van der Waals surface area contributed by atoms with Crippen molar-refractivity contribution in [2.24, 2.45) is 5.92 Å². The lowest BCUT2D eigenvalue weighted by Gasteiger charge is -2.27. The highest BCUT2D eigenvalue weighted by Gasteiger charge is 2.51. The number of aliphatic hydroxyl groups excluding tert-OH is 2. The van der Waals surface area contributed by atoms with Crippen molar-refractivity contribution in [3.05, 3.63) is 0 Å². The van der Waals surface area contributed by atoms with Gasteiger partial charge in [-0.25, -0.2) is 0 Å². The number of carbonyl (C=O) groups excluding carboxylic acids is 1. The van der Waals surface area contributed by atoms with Crippen LogP contribution in [-0.2, 0) is 9.53 Å². The zero-order chi connectivity index (χ0) is 20.0. The maximum absolute atomic E-state index is 11.6. The van der Waals surface area contributed by atoms with Crippen LogP contribution in [0.2, 0.25) is 0 Å². The largest absolute Gasteiger partial charge is 0.456 e. The van der Waals surface area contributed by atoms with Crippen LogP contribution in [-0.4, -0.2) is 34.5 Å². The van der Waals surface area contributed by atoms with E-state index in [0.29, 0.717) is 6.42 Å². The average molecular weight is 385 g/mol. The molecule has 0 amide bonds. The molecule has 0 spiro atoms. The molecule has 0 bridgehead atoms. The van der Waals surface area contributed by atoms with Gasteiger partial charge in [0.2, 0.25) is 0 Å². The van der Waals surface area contributed by atoms with Crippen molar-refractivity contribution in [1.29, 1.82) is 0 Å². The number of aliphatic hydroxyl groups is 2. The number of cyclic esters (lactones) is 1. The van der Waals surface area contributed by atoms with Crippen molar-refractivity contribution in [2.45, 2.75) is 128 Å². The van der Waals surface area contributed by atoms with Crippen molar-refractivity contribution in [1.82, 2.24) is 0 Å². The van der Waals surface area contributed by atoms with Crippen LogP contribution in [0.4, 0.5) is 0 Å². The summed E-state index contributed by atoms with van der Waals surface area (Å²) in [5.74, 6) is -1.24. The molecule has 3 atom stereocenters. The van der Waals surface area contributed by atoms with E-state index in [4.69, 9.17) is 4.74 Å². The fourth-order valence-corrected chi connectivity index (χ4v) is 4.14. The molecule has 0 aromatic heterocycles. The standard InChI is InChI=1S/C23H44O4/c1-3-4-5-6-7-8-9-10-11-12-13-14-15-16-17-18-23(2)21(25)20(19-24)22(26)27-23/h20-21,24-25H,3-19H2,1-2H3. The lowest BCUT2D eigenvalue weighted by atomic mass is 9.87. The molecule has 0 radical (unpaired) electrons. The summed E-state index contributed by atoms with van der Waals surface area (Å²) in [6, 6.07) is 0. The van der Waals surface area contributed by atoms with E-state index < -0.39 is 23.6 Å². The predicted octanol–water partition coefficient (Wildman–Crippen LogP) is 5.53. The van der Waals surface area contributed by atoms with E-state index in [1.54, 1.807) is 6.92 Å². The summed E-state index contributed by atoms with van der Waals surface area (Å²) in [6.07, 6.45) is 19.6. The topological polar surface area (TPSA) is 66.8 Å². The Bertz CT molecular complexity index is 385. The zero-order valence-corrected chi connectivity index (χ0v) is 17.9. The SMILES string of the molecule is CCCCCCCCCCCCCCCCCC1(C)OC(=O)C(CO)C1O. The minimum absolute atomic E-state index is 0.339. The Morgan fingerprint density at radius 2 is 1.22 bits per heavy atom. The normalized spacial score (nSPS) is 25.1. The maximum Gasteiger partial charge on any atom is 0.314 e. The molecular formula is C23H44O4. The van der Waals surface area contributed by atoms with Crippen LogP contribution in [0.5, 0.6) is 0 Å². The minimum atomic E-state index is -0.887. The van der Waals surface area contributed by atoms with Gasteiger partial charge in [-0.05, 0) is 19.8 Å². The molecule has 160 valence electrons. The van der Waals surface area contributed by atoms with Crippen LogP contribution < -0.4 is 0 Å². The molecule has 27 heavy (non-hydrogen) atoms. The first kappa shape index (κ1) is 24.4. The molecule has 1 aliphatic heterocycles. The predicted molar refractivity (Wildman–Crippen MR) is 111 cm³/mol. The van der Waals surface area contributed by atoms with Gasteiger partial charge in [-0.2, -0.15) is 0 Å². The third-order valence-corrected chi connectivity index (χ3v) is 6.12. The summed E-state index contributed by atoms with van der Waals surface area (Å²) in [6.45, 7) is 3.72. The molecule has 2 N–H and O–H groups in total. The second kappa shape index (κ2) is 14.4. The Balaban J connectivity index is 1.89. The lowest BCUT2D eigenvalue weighted by molar-refractivity contribution is -0.151. The number of ether oxygens (including phenoxy) is 1. The number of hydrogen-bond donors (Lipinski definition) is 2. The van der Waals surface area contributed by atoms with E-state index in [-0.39, 0.29) is 6.61 Å². The van der Waals surface area contributed by atoms with E-state index in [1.165, 1.54) is 83.5 Å². The summed E-state index contributed by atoms with van der Waals surface area (Å²) in [5.41, 5.74) is -0.818. The Labute approximate surface area is 167 Å². The van der Waals surface area contributed by atoms with Crippen LogP contribution in [0.25, 0.3) is 0 Å². The molecular weight excluding hydrogens is 340 g/mol. The molecule has 4 nitrogen and oxygen atoms in total. The van der Waals surface area contributed by atoms with E-state index in [9.17, 15) is 15.0 Å². The zero-order valence-electron chi connectivity index (χ0n) is 17.9. The molecule has 1 saturated heterocycles. The fraction of sp³-hybridized carbons (Fsp3) is 0.957. The summed E-state index contributed by atoms with van der Waals surface area (Å²) in [5, 5.41) is 19.4. The summed E-state index contributed by atoms with van der Waals surface area (Å²) in [7, 11) is 0. The van der Waals surface area contributed by atoms with Gasteiger partial charge in [0.1, 0.15) is 17.6 Å². The summed E-state index contributed by atoms with van der Waals surface area (Å²) in [4.78, 5) is 11.6. The van der Waals surface area contributed by atoms with Crippen LogP contribution in [0.3, 0.4) is 0 Å². The molecule has 1 rings (SSSR count). The first-order chi connectivity index (χ1) is 13.0. The summed E-state index contributed by atoms with van der Waals surface area (Å²) >= 11 is 0. The van der Waals surface area contributed by atoms with Crippen molar-refractivity contribution in [2.75, 3.05) is 6.61 Å². The first-order valence-corrected chi connectivity index (χ1v) is 11.6. The monoisotopic (exact) mass is 384 g/mol. The van der Waals surface area contributed by atoms with Gasteiger partial charge in [0.25, 0.3) is 0 Å². The van der Waals surface area contributed by atoms with Gasteiger partial charge < -0.3 is 14.9 Å². The number of esters is 1. The van der Waals surface area contributed by atoms with Crippen LogP contribution >= 0.6 is 0 Å². The molecule has 0 aromatic rings. The molecule has 4 heteroatoms. The maximum atomic E-state index is 11.6. The second-order valence-corrected chi connectivity index (χ2v) is 8.67. The van der Waals surface area contributed by atoms with Crippen molar-refractivity contribution >= 4 is 5.97 Å². The van der Waals surface area contributed by atoms with Crippen molar-refractivity contribution < 1.29 is 19.7 Å². The Morgan fingerprint density at radius 1 is 0.815 bits per heavy atom. The van der Waals surface area contributed by atoms with Gasteiger partial charge in [-0.1, -0.05) is 96.8 Å². The van der Waals surface area contributed by atoms with Crippen LogP contribution in [0.1, 0.15) is 117 Å². The molecule has 3 unspecified atom stereocenters. The third-order valence-electron chi connectivity index (χ3n) is 6.12. The lowest BCUT2D eigenvalue weighted by Crippen LogP contribution is -2.39. The Hall–Kier alpha value is -0.610. The Kier molecular flexibility index (Phi) is 13.0. The highest BCUT2D eigenvalue weighted by Crippen LogP contribution is 2.35. The van der Waals surface area contributed by atoms with Gasteiger partial charge >= 0.3 is 5.97 Å². The molecule has 1 aliphatic rings. The van der Waals surface area contributed by atoms with E-state index in [1.807, 2.05) is 0 Å². The molecule has 1 heterocycles. The highest BCUT2D eigenvalue weighted by atomic mass is 16.6. The van der Waals surface area contributed by atoms with Gasteiger partial charge in [0.05, 0.1) is 6.61 Å². The molecule has 1 fully saturated rings. The number of hydrogen-bond acceptors (Lipinski definition) is 4. The Morgan fingerprint density at radius 3 is 1.59 bits per heavy atom. The highest BCUT2D eigenvalue weighted by molar-refractivity contribution is 5.76. The second-order valence-electron chi connectivity index (χ2n) is 8.67. The van der Waals surface area contributed by atoms with Gasteiger partial charge in [-0.15, -0.1) is 0 Å². The molecule has 0 aromatic carbocycles. The molecule has 0 aliphatic carbocycles. The van der Waals surface area contributed by atoms with Gasteiger partial charge in [-0.3, -0.25) is 4.79 Å². The number of rotatable bonds is 17. The quantitative estimate of drug-likeness (QED) is 0.255. The molecule has 0 saturated carbocycles. The van der Waals surface area contributed by atoms with E-state index in [2.05, 4.69) is 6.92 Å². The smallest absolute Gasteiger partial charge is 0.314 e. The van der Waals surface area contributed by atoms with Gasteiger partial charge in [0.15, 0.2) is 0 Å². The van der Waals surface area contributed by atoms with Gasteiger partial charge in [0, 0.05) is 0 Å². The third kappa shape index (κ3) is 9.43. The van der Waals surface area contributed by atoms with Crippen molar-refractivity contribution in [3.8, 4) is 0 Å². The van der Waals surface area contributed by atoms with E-state index >= 15 is 0 Å². The van der Waals surface area contributed by atoms with E-state index in [0.717, 1.165) is 12.8 Å². The fourth-order valence-electron chi connectivity index (χ4n) is 4.14.